The average Bonchev–Trinajstić information content (AvgIpc) is 2.61. The molecular weight excluding hydrogens is 473 g/mol. The molecule has 0 amide bonds. The minimum atomic E-state index is -0.213. The van der Waals surface area contributed by atoms with Crippen LogP contribution in [-0.2, 0) is 19.5 Å². The van der Waals surface area contributed by atoms with E-state index >= 15 is 0 Å². The lowest BCUT2D eigenvalue weighted by atomic mass is 10.1. The number of nitrogens with zero attached hydrogens (tertiary/aromatic N) is 2. The van der Waals surface area contributed by atoms with Gasteiger partial charge < -0.3 is 15.5 Å². The summed E-state index contributed by atoms with van der Waals surface area (Å²) in [6.07, 6.45) is 0.774. The quantitative estimate of drug-likeness (QED) is 0.343. The van der Waals surface area contributed by atoms with Crippen LogP contribution in [0.4, 0.5) is 8.78 Å². The minimum absolute atomic E-state index is 0. The smallest absolute Gasteiger partial charge is 0.191 e. The van der Waals surface area contributed by atoms with Crippen molar-refractivity contribution in [2.45, 2.75) is 26.4 Å². The van der Waals surface area contributed by atoms with Crippen LogP contribution in [0.3, 0.4) is 0 Å². The van der Waals surface area contributed by atoms with E-state index in [2.05, 4.69) is 15.6 Å². The van der Waals surface area contributed by atoms with Crippen molar-refractivity contribution < 1.29 is 8.78 Å². The standard InChI is InChI=1S/C21H28F2N4.HI/c1-15-11-19(22)7-6-17(15)9-10-25-21(24-2)26-13-16-5-8-20(23)18(12-16)14-27(3)4;/h5-8,11-12H,9-10,13-14H2,1-4H3,(H2,24,25,26);1H. The van der Waals surface area contributed by atoms with Gasteiger partial charge in [-0.3, -0.25) is 4.99 Å². The predicted octanol–water partition coefficient (Wildman–Crippen LogP) is 3.86. The Bertz CT molecular complexity index is 794. The topological polar surface area (TPSA) is 39.7 Å². The second kappa shape index (κ2) is 12.0. The second-order valence-corrected chi connectivity index (χ2v) is 6.84. The molecule has 0 aliphatic heterocycles. The number of benzene rings is 2. The number of aryl methyl sites for hydroxylation is 1. The van der Waals surface area contributed by atoms with E-state index in [4.69, 9.17) is 0 Å². The Morgan fingerprint density at radius 2 is 1.79 bits per heavy atom. The molecular formula is C21H29F2IN4. The highest BCUT2D eigenvalue weighted by atomic mass is 127. The fourth-order valence-corrected chi connectivity index (χ4v) is 2.86. The lowest BCUT2D eigenvalue weighted by Gasteiger charge is -2.15. The Kier molecular flexibility index (Phi) is 10.4. The van der Waals surface area contributed by atoms with Crippen molar-refractivity contribution in [1.82, 2.24) is 15.5 Å². The van der Waals surface area contributed by atoms with Crippen molar-refractivity contribution in [3.8, 4) is 0 Å². The van der Waals surface area contributed by atoms with Crippen LogP contribution >= 0.6 is 24.0 Å². The maximum Gasteiger partial charge on any atom is 0.191 e. The zero-order chi connectivity index (χ0) is 19.8. The van der Waals surface area contributed by atoms with Gasteiger partial charge in [0.2, 0.25) is 0 Å². The molecule has 2 rings (SSSR count). The van der Waals surface area contributed by atoms with E-state index in [1.54, 1.807) is 19.2 Å². The predicted molar refractivity (Wildman–Crippen MR) is 122 cm³/mol. The van der Waals surface area contributed by atoms with Gasteiger partial charge >= 0.3 is 0 Å². The average molecular weight is 502 g/mol. The van der Waals surface area contributed by atoms with Crippen LogP contribution in [0.1, 0.15) is 22.3 Å². The first-order chi connectivity index (χ1) is 12.9. The molecule has 0 aliphatic carbocycles. The molecule has 2 aromatic rings. The fraction of sp³-hybridized carbons (Fsp3) is 0.381. The maximum atomic E-state index is 13.9. The molecule has 0 aromatic heterocycles. The molecule has 0 heterocycles. The Morgan fingerprint density at radius 3 is 2.43 bits per heavy atom. The Hall–Kier alpha value is -1.74. The molecule has 0 spiro atoms. The molecule has 0 unspecified atom stereocenters. The number of hydrogen-bond acceptors (Lipinski definition) is 2. The molecule has 0 saturated carbocycles. The maximum absolute atomic E-state index is 13.9. The first kappa shape index (κ1) is 24.3. The van der Waals surface area contributed by atoms with Crippen LogP contribution in [-0.4, -0.2) is 38.5 Å². The number of halogens is 3. The molecule has 28 heavy (non-hydrogen) atoms. The molecule has 0 bridgehead atoms. The van der Waals surface area contributed by atoms with Crippen molar-refractivity contribution in [2.24, 2.45) is 4.99 Å². The van der Waals surface area contributed by atoms with E-state index in [1.807, 2.05) is 38.1 Å². The molecule has 2 N–H and O–H groups in total. The summed E-state index contributed by atoms with van der Waals surface area (Å²) in [4.78, 5) is 6.15. The van der Waals surface area contributed by atoms with Crippen molar-refractivity contribution in [3.05, 3.63) is 70.3 Å². The first-order valence-electron chi connectivity index (χ1n) is 9.00. The highest BCUT2D eigenvalue weighted by Crippen LogP contribution is 2.12. The van der Waals surface area contributed by atoms with Crippen molar-refractivity contribution >= 4 is 29.9 Å². The normalized spacial score (nSPS) is 11.3. The number of guanidine groups is 1. The molecule has 154 valence electrons. The van der Waals surface area contributed by atoms with Crippen LogP contribution in [0.25, 0.3) is 0 Å². The highest BCUT2D eigenvalue weighted by molar-refractivity contribution is 14.0. The lowest BCUT2D eigenvalue weighted by molar-refractivity contribution is 0.392. The van der Waals surface area contributed by atoms with Gasteiger partial charge in [0.25, 0.3) is 0 Å². The van der Waals surface area contributed by atoms with Crippen molar-refractivity contribution in [1.29, 1.82) is 0 Å². The van der Waals surface area contributed by atoms with Gasteiger partial charge in [0.15, 0.2) is 5.96 Å². The van der Waals surface area contributed by atoms with E-state index in [1.165, 1.54) is 12.1 Å². The summed E-state index contributed by atoms with van der Waals surface area (Å²) in [7, 11) is 5.54. The van der Waals surface area contributed by atoms with E-state index < -0.39 is 0 Å². The summed E-state index contributed by atoms with van der Waals surface area (Å²) in [6, 6.07) is 9.99. The first-order valence-corrected chi connectivity index (χ1v) is 9.00. The summed E-state index contributed by atoms with van der Waals surface area (Å²) in [6.45, 7) is 3.70. The van der Waals surface area contributed by atoms with Crippen LogP contribution in [0, 0.1) is 18.6 Å². The molecule has 0 fully saturated rings. The molecule has 0 aliphatic rings. The van der Waals surface area contributed by atoms with Gasteiger partial charge in [0.1, 0.15) is 11.6 Å². The van der Waals surface area contributed by atoms with Gasteiger partial charge in [-0.15, -0.1) is 24.0 Å². The van der Waals surface area contributed by atoms with Gasteiger partial charge in [0.05, 0.1) is 0 Å². The number of rotatable bonds is 7. The summed E-state index contributed by atoms with van der Waals surface area (Å²) in [5.41, 5.74) is 3.71. The minimum Gasteiger partial charge on any atom is -0.356 e. The summed E-state index contributed by atoms with van der Waals surface area (Å²) >= 11 is 0. The summed E-state index contributed by atoms with van der Waals surface area (Å²) < 4.78 is 27.0. The van der Waals surface area contributed by atoms with Crippen LogP contribution < -0.4 is 10.6 Å². The van der Waals surface area contributed by atoms with E-state index in [-0.39, 0.29) is 35.6 Å². The zero-order valence-electron chi connectivity index (χ0n) is 16.9. The van der Waals surface area contributed by atoms with Gasteiger partial charge in [-0.1, -0.05) is 12.1 Å². The molecule has 2 aromatic carbocycles. The second-order valence-electron chi connectivity index (χ2n) is 6.84. The van der Waals surface area contributed by atoms with E-state index in [0.29, 0.717) is 31.2 Å². The number of hydrogen-bond donors (Lipinski definition) is 2. The fourth-order valence-electron chi connectivity index (χ4n) is 2.86. The monoisotopic (exact) mass is 502 g/mol. The van der Waals surface area contributed by atoms with Crippen LogP contribution in [0.5, 0.6) is 0 Å². The Morgan fingerprint density at radius 1 is 1.04 bits per heavy atom. The van der Waals surface area contributed by atoms with Gasteiger partial charge in [-0.25, -0.2) is 8.78 Å². The largest absolute Gasteiger partial charge is 0.356 e. The molecule has 0 saturated heterocycles. The Balaban J connectivity index is 0.00000392. The summed E-state index contributed by atoms with van der Waals surface area (Å²) in [5.74, 6) is 0.271. The molecule has 0 radical (unpaired) electrons. The van der Waals surface area contributed by atoms with E-state index in [0.717, 1.165) is 23.1 Å². The van der Waals surface area contributed by atoms with Crippen LogP contribution in [0.2, 0.25) is 0 Å². The van der Waals surface area contributed by atoms with Gasteiger partial charge in [-0.2, -0.15) is 0 Å². The molecule has 7 heteroatoms. The third-order valence-corrected chi connectivity index (χ3v) is 4.27. The van der Waals surface area contributed by atoms with Gasteiger partial charge in [0, 0.05) is 32.2 Å². The number of nitrogens with one attached hydrogen (secondary N) is 2. The summed E-state index contributed by atoms with van der Waals surface area (Å²) in [5, 5.41) is 6.49. The van der Waals surface area contributed by atoms with Crippen molar-refractivity contribution in [2.75, 3.05) is 27.7 Å². The van der Waals surface area contributed by atoms with Crippen molar-refractivity contribution in [3.63, 3.8) is 0 Å². The molecule has 4 nitrogen and oxygen atoms in total. The SMILES string of the molecule is CN=C(NCCc1ccc(F)cc1C)NCc1ccc(F)c(CN(C)C)c1.I. The lowest BCUT2D eigenvalue weighted by Crippen LogP contribution is -2.38. The Labute approximate surface area is 183 Å². The van der Waals surface area contributed by atoms with E-state index in [9.17, 15) is 8.78 Å². The third kappa shape index (κ3) is 7.71. The van der Waals surface area contributed by atoms with Gasteiger partial charge in [-0.05, 0) is 68.4 Å². The molecule has 0 atom stereocenters. The number of aliphatic imine (C=N–C) groups is 1. The third-order valence-electron chi connectivity index (χ3n) is 4.27. The zero-order valence-corrected chi connectivity index (χ0v) is 19.2. The van der Waals surface area contributed by atoms with Crippen LogP contribution in [0.15, 0.2) is 41.4 Å². The highest BCUT2D eigenvalue weighted by Gasteiger charge is 2.06.